The zero-order valence-electron chi connectivity index (χ0n) is 11.6. The zero-order valence-corrected chi connectivity index (χ0v) is 13.2. The highest BCUT2D eigenvalue weighted by molar-refractivity contribution is 9.10. The standard InChI is InChI=1S/C17H20BrNO/c18-16-3-1-15-12-17(4-2-14(15)11-16)20-10-7-13-5-8-19-9-6-13/h1-4,11-13,19H,5-10H2. The Hall–Kier alpha value is -1.06. The molecule has 0 aromatic heterocycles. The summed E-state index contributed by atoms with van der Waals surface area (Å²) in [6, 6.07) is 12.6. The second-order valence-electron chi connectivity index (χ2n) is 5.48. The Bertz CT molecular complexity index is 578. The van der Waals surface area contributed by atoms with Crippen LogP contribution in [0.15, 0.2) is 40.9 Å². The average molecular weight is 334 g/mol. The number of fused-ring (bicyclic) bond motifs is 1. The third kappa shape index (κ3) is 3.53. The summed E-state index contributed by atoms with van der Waals surface area (Å²) in [5.41, 5.74) is 0. The first-order valence-electron chi connectivity index (χ1n) is 7.34. The number of hydrogen-bond acceptors (Lipinski definition) is 2. The van der Waals surface area contributed by atoms with Crippen LogP contribution in [0, 0.1) is 5.92 Å². The van der Waals surface area contributed by atoms with E-state index in [1.165, 1.54) is 30.0 Å². The molecule has 0 radical (unpaired) electrons. The molecule has 0 aliphatic carbocycles. The molecule has 3 heteroatoms. The maximum atomic E-state index is 5.91. The topological polar surface area (TPSA) is 21.3 Å². The van der Waals surface area contributed by atoms with E-state index in [9.17, 15) is 0 Å². The summed E-state index contributed by atoms with van der Waals surface area (Å²) in [5.74, 6) is 1.81. The molecule has 2 aromatic carbocycles. The third-order valence-electron chi connectivity index (χ3n) is 4.03. The van der Waals surface area contributed by atoms with Crippen LogP contribution in [0.3, 0.4) is 0 Å². The minimum atomic E-state index is 0.826. The van der Waals surface area contributed by atoms with Crippen molar-refractivity contribution in [2.45, 2.75) is 19.3 Å². The number of nitrogens with one attached hydrogen (secondary N) is 1. The molecular formula is C17H20BrNO. The average Bonchev–Trinajstić information content (AvgIpc) is 2.48. The summed E-state index contributed by atoms with van der Waals surface area (Å²) >= 11 is 3.50. The van der Waals surface area contributed by atoms with Gasteiger partial charge in [0.1, 0.15) is 5.75 Å². The molecule has 0 atom stereocenters. The highest BCUT2D eigenvalue weighted by Gasteiger charge is 2.12. The monoisotopic (exact) mass is 333 g/mol. The lowest BCUT2D eigenvalue weighted by Gasteiger charge is -2.22. The molecule has 1 aliphatic rings. The predicted octanol–water partition coefficient (Wildman–Crippen LogP) is 4.37. The minimum Gasteiger partial charge on any atom is -0.494 e. The fourth-order valence-corrected chi connectivity index (χ4v) is 3.18. The Kier molecular flexibility index (Phi) is 4.58. The number of halogens is 1. The van der Waals surface area contributed by atoms with Gasteiger partial charge < -0.3 is 10.1 Å². The fraction of sp³-hybridized carbons (Fsp3) is 0.412. The first-order chi connectivity index (χ1) is 9.81. The highest BCUT2D eigenvalue weighted by atomic mass is 79.9. The van der Waals surface area contributed by atoms with Crippen molar-refractivity contribution in [2.24, 2.45) is 5.92 Å². The number of rotatable bonds is 4. The van der Waals surface area contributed by atoms with Crippen LogP contribution in [-0.4, -0.2) is 19.7 Å². The molecule has 0 bridgehead atoms. The van der Waals surface area contributed by atoms with E-state index in [0.29, 0.717) is 0 Å². The molecule has 0 amide bonds. The van der Waals surface area contributed by atoms with E-state index in [1.807, 2.05) is 0 Å². The van der Waals surface area contributed by atoms with Crippen LogP contribution in [0.4, 0.5) is 0 Å². The van der Waals surface area contributed by atoms with Crippen molar-refractivity contribution in [3.8, 4) is 5.75 Å². The van der Waals surface area contributed by atoms with Crippen LogP contribution in [-0.2, 0) is 0 Å². The molecule has 0 spiro atoms. The molecule has 1 N–H and O–H groups in total. The van der Waals surface area contributed by atoms with Crippen molar-refractivity contribution < 1.29 is 4.74 Å². The molecule has 1 heterocycles. The van der Waals surface area contributed by atoms with E-state index >= 15 is 0 Å². The van der Waals surface area contributed by atoms with Gasteiger partial charge in [0, 0.05) is 4.47 Å². The fourth-order valence-electron chi connectivity index (χ4n) is 2.80. The summed E-state index contributed by atoms with van der Waals surface area (Å²) < 4.78 is 7.03. The number of ether oxygens (including phenoxy) is 1. The molecule has 2 nitrogen and oxygen atoms in total. The predicted molar refractivity (Wildman–Crippen MR) is 87.4 cm³/mol. The molecule has 1 saturated heterocycles. The van der Waals surface area contributed by atoms with E-state index in [1.54, 1.807) is 0 Å². The van der Waals surface area contributed by atoms with Gasteiger partial charge in [-0.15, -0.1) is 0 Å². The Morgan fingerprint density at radius 2 is 1.80 bits per heavy atom. The second-order valence-corrected chi connectivity index (χ2v) is 6.40. The van der Waals surface area contributed by atoms with Gasteiger partial charge in [-0.05, 0) is 73.3 Å². The van der Waals surface area contributed by atoms with Crippen LogP contribution in [0.1, 0.15) is 19.3 Å². The maximum Gasteiger partial charge on any atom is 0.119 e. The molecule has 2 aromatic rings. The van der Waals surface area contributed by atoms with Gasteiger partial charge in [-0.25, -0.2) is 0 Å². The lowest BCUT2D eigenvalue weighted by Crippen LogP contribution is -2.28. The van der Waals surface area contributed by atoms with Gasteiger partial charge >= 0.3 is 0 Å². The van der Waals surface area contributed by atoms with Crippen molar-refractivity contribution in [2.75, 3.05) is 19.7 Å². The van der Waals surface area contributed by atoms with Gasteiger partial charge in [-0.1, -0.05) is 28.1 Å². The van der Waals surface area contributed by atoms with Crippen LogP contribution < -0.4 is 10.1 Å². The van der Waals surface area contributed by atoms with E-state index in [0.717, 1.165) is 35.8 Å². The first kappa shape index (κ1) is 13.9. The molecule has 0 unspecified atom stereocenters. The van der Waals surface area contributed by atoms with Crippen LogP contribution >= 0.6 is 15.9 Å². The Morgan fingerprint density at radius 1 is 1.05 bits per heavy atom. The summed E-state index contributed by atoms with van der Waals surface area (Å²) in [7, 11) is 0. The third-order valence-corrected chi connectivity index (χ3v) is 4.52. The lowest BCUT2D eigenvalue weighted by atomic mass is 9.95. The van der Waals surface area contributed by atoms with Gasteiger partial charge in [0.25, 0.3) is 0 Å². The van der Waals surface area contributed by atoms with Crippen LogP contribution in [0.5, 0.6) is 5.75 Å². The highest BCUT2D eigenvalue weighted by Crippen LogP contribution is 2.24. The molecular weight excluding hydrogens is 314 g/mol. The van der Waals surface area contributed by atoms with Crippen molar-refractivity contribution >= 4 is 26.7 Å². The molecule has 1 aliphatic heterocycles. The normalized spacial score (nSPS) is 16.4. The van der Waals surface area contributed by atoms with Gasteiger partial charge in [0.05, 0.1) is 6.61 Å². The molecule has 106 valence electrons. The Morgan fingerprint density at radius 3 is 2.65 bits per heavy atom. The minimum absolute atomic E-state index is 0.826. The van der Waals surface area contributed by atoms with Crippen LogP contribution in [0.2, 0.25) is 0 Å². The van der Waals surface area contributed by atoms with E-state index < -0.39 is 0 Å². The van der Waals surface area contributed by atoms with E-state index in [-0.39, 0.29) is 0 Å². The van der Waals surface area contributed by atoms with Gasteiger partial charge in [0.15, 0.2) is 0 Å². The smallest absolute Gasteiger partial charge is 0.119 e. The molecule has 3 rings (SSSR count). The van der Waals surface area contributed by atoms with Crippen molar-refractivity contribution in [1.29, 1.82) is 0 Å². The Labute approximate surface area is 128 Å². The maximum absolute atomic E-state index is 5.91. The summed E-state index contributed by atoms with van der Waals surface area (Å²) in [4.78, 5) is 0. The van der Waals surface area contributed by atoms with Gasteiger partial charge in [0.2, 0.25) is 0 Å². The van der Waals surface area contributed by atoms with Crippen molar-refractivity contribution in [3.05, 3.63) is 40.9 Å². The van der Waals surface area contributed by atoms with Gasteiger partial charge in [-0.3, -0.25) is 0 Å². The number of benzene rings is 2. The number of hydrogen-bond donors (Lipinski definition) is 1. The van der Waals surface area contributed by atoms with E-state index in [2.05, 4.69) is 57.6 Å². The molecule has 1 fully saturated rings. The largest absolute Gasteiger partial charge is 0.494 e. The molecule has 20 heavy (non-hydrogen) atoms. The van der Waals surface area contributed by atoms with E-state index in [4.69, 9.17) is 4.74 Å². The quantitative estimate of drug-likeness (QED) is 0.896. The van der Waals surface area contributed by atoms with Crippen LogP contribution in [0.25, 0.3) is 10.8 Å². The number of piperidine rings is 1. The summed E-state index contributed by atoms with van der Waals surface area (Å²) in [5, 5.41) is 5.87. The van der Waals surface area contributed by atoms with Crippen molar-refractivity contribution in [3.63, 3.8) is 0 Å². The lowest BCUT2D eigenvalue weighted by molar-refractivity contribution is 0.252. The summed E-state index contributed by atoms with van der Waals surface area (Å²) in [6.07, 6.45) is 3.74. The molecule has 0 saturated carbocycles. The summed E-state index contributed by atoms with van der Waals surface area (Å²) in [6.45, 7) is 3.15. The SMILES string of the molecule is Brc1ccc2cc(OCCC3CCNCC3)ccc2c1. The van der Waals surface area contributed by atoms with Gasteiger partial charge in [-0.2, -0.15) is 0 Å². The van der Waals surface area contributed by atoms with Crippen molar-refractivity contribution in [1.82, 2.24) is 5.32 Å². The first-order valence-corrected chi connectivity index (χ1v) is 8.13. The second kappa shape index (κ2) is 6.59. The Balaban J connectivity index is 1.58. The zero-order chi connectivity index (χ0) is 13.8.